The Balaban J connectivity index is 1.74. The molecular weight excluding hydrogens is 392 g/mol. The maximum absolute atomic E-state index is 5.83. The van der Waals surface area contributed by atoms with Crippen LogP contribution in [0.5, 0.6) is 5.75 Å². The molecular formula is C24H33N4OS+. The number of quaternary nitrogens is 1. The van der Waals surface area contributed by atoms with E-state index in [1.54, 1.807) is 4.90 Å². The smallest absolute Gasteiger partial charge is 0.173 e. The van der Waals surface area contributed by atoms with E-state index < -0.39 is 0 Å². The van der Waals surface area contributed by atoms with Gasteiger partial charge in [-0.25, -0.2) is 0 Å². The first-order valence-corrected chi connectivity index (χ1v) is 11.2. The molecule has 30 heavy (non-hydrogen) atoms. The lowest BCUT2D eigenvalue weighted by Gasteiger charge is -2.27. The molecule has 0 aliphatic rings. The Hall–Kier alpha value is -2.57. The molecule has 0 atom stereocenters. The Bertz CT molecular complexity index is 934. The monoisotopic (exact) mass is 425 g/mol. The molecule has 0 saturated carbocycles. The average Bonchev–Trinajstić information content (AvgIpc) is 3.18. The zero-order valence-corrected chi connectivity index (χ0v) is 19.0. The number of likely N-dealkylation sites (N-methyl/N-ethyl adjacent to an activating group) is 1. The summed E-state index contributed by atoms with van der Waals surface area (Å²) in [5.41, 5.74) is 3.39. The van der Waals surface area contributed by atoms with Crippen LogP contribution in [-0.4, -0.2) is 47.8 Å². The topological polar surface area (TPSA) is 44.7 Å². The Kier molecular flexibility index (Phi) is 8.11. The summed E-state index contributed by atoms with van der Waals surface area (Å²) in [6, 6.07) is 16.4. The van der Waals surface area contributed by atoms with Crippen LogP contribution in [0.1, 0.15) is 26.3 Å². The number of aromatic amines is 1. The van der Waals surface area contributed by atoms with E-state index in [0.29, 0.717) is 6.61 Å². The number of nitrogens with zero attached hydrogens (tertiary/aromatic N) is 1. The van der Waals surface area contributed by atoms with E-state index in [0.717, 1.165) is 54.8 Å². The number of anilines is 1. The standard InChI is InChI=1S/C24H32N4OS/c1-4-27(5-2)15-16-28(18-19-17-25-23-10-8-7-9-22(19)23)24(30)26-20-11-13-21(14-12-20)29-6-3/h7-14,17,25H,4-6,15-16,18H2,1-3H3,(H,26,30)/p+1. The zero-order chi connectivity index (χ0) is 21.3. The summed E-state index contributed by atoms with van der Waals surface area (Å²) in [6.07, 6.45) is 2.10. The molecule has 0 saturated heterocycles. The van der Waals surface area contributed by atoms with E-state index in [9.17, 15) is 0 Å². The Labute approximate surface area is 185 Å². The van der Waals surface area contributed by atoms with Crippen LogP contribution >= 0.6 is 12.2 Å². The fourth-order valence-corrected chi connectivity index (χ4v) is 3.89. The number of nitrogens with one attached hydrogen (secondary N) is 3. The fourth-order valence-electron chi connectivity index (χ4n) is 3.62. The number of ether oxygens (including phenoxy) is 1. The molecule has 0 radical (unpaired) electrons. The van der Waals surface area contributed by atoms with Crippen molar-refractivity contribution in [1.82, 2.24) is 9.88 Å². The van der Waals surface area contributed by atoms with Gasteiger partial charge in [-0.3, -0.25) is 0 Å². The first-order valence-electron chi connectivity index (χ1n) is 10.8. The van der Waals surface area contributed by atoms with E-state index in [1.165, 1.54) is 10.9 Å². The van der Waals surface area contributed by atoms with Crippen molar-refractivity contribution in [3.8, 4) is 5.75 Å². The Morgan fingerprint density at radius 3 is 2.50 bits per heavy atom. The molecule has 3 aromatic rings. The lowest BCUT2D eigenvalue weighted by Crippen LogP contribution is -3.12. The second-order valence-corrected chi connectivity index (χ2v) is 7.76. The van der Waals surface area contributed by atoms with Crippen molar-refractivity contribution < 1.29 is 9.64 Å². The molecule has 1 aromatic heterocycles. The zero-order valence-electron chi connectivity index (χ0n) is 18.2. The van der Waals surface area contributed by atoms with Crippen LogP contribution in [0.3, 0.4) is 0 Å². The normalized spacial score (nSPS) is 11.1. The lowest BCUT2D eigenvalue weighted by atomic mass is 10.1. The van der Waals surface area contributed by atoms with Crippen LogP contribution in [-0.2, 0) is 6.54 Å². The van der Waals surface area contributed by atoms with Crippen LogP contribution in [0.2, 0.25) is 0 Å². The summed E-state index contributed by atoms with van der Waals surface area (Å²) in [7, 11) is 0. The van der Waals surface area contributed by atoms with Gasteiger partial charge < -0.3 is 24.8 Å². The van der Waals surface area contributed by atoms with Crippen LogP contribution in [0, 0.1) is 0 Å². The molecule has 0 amide bonds. The van der Waals surface area contributed by atoms with Gasteiger partial charge in [0.2, 0.25) is 0 Å². The summed E-state index contributed by atoms with van der Waals surface area (Å²) in [5.74, 6) is 0.870. The van der Waals surface area contributed by atoms with Gasteiger partial charge in [0.1, 0.15) is 5.75 Å². The molecule has 0 unspecified atom stereocenters. The van der Waals surface area contributed by atoms with E-state index in [-0.39, 0.29) is 0 Å². The molecule has 2 aromatic carbocycles. The molecule has 6 heteroatoms. The number of thiocarbonyl (C=S) groups is 1. The van der Waals surface area contributed by atoms with Crippen LogP contribution in [0.4, 0.5) is 5.69 Å². The van der Waals surface area contributed by atoms with E-state index in [2.05, 4.69) is 59.5 Å². The van der Waals surface area contributed by atoms with Gasteiger partial charge in [0.25, 0.3) is 0 Å². The number of fused-ring (bicyclic) bond motifs is 1. The molecule has 3 N–H and O–H groups in total. The molecule has 5 nitrogen and oxygen atoms in total. The highest BCUT2D eigenvalue weighted by Gasteiger charge is 2.16. The highest BCUT2D eigenvalue weighted by atomic mass is 32.1. The van der Waals surface area contributed by atoms with Crippen molar-refractivity contribution >= 4 is 33.9 Å². The SMILES string of the molecule is CCOc1ccc(NC(=S)N(CC[NH+](CC)CC)Cc2c[nH]c3ccccc23)cc1. The lowest BCUT2D eigenvalue weighted by molar-refractivity contribution is -0.895. The summed E-state index contributed by atoms with van der Waals surface area (Å²) < 4.78 is 5.54. The number of rotatable bonds is 10. The first kappa shape index (κ1) is 22.1. The maximum Gasteiger partial charge on any atom is 0.173 e. The molecule has 0 bridgehead atoms. The number of para-hydroxylation sites is 1. The van der Waals surface area contributed by atoms with Crippen molar-refractivity contribution in [2.75, 3.05) is 38.1 Å². The minimum absolute atomic E-state index is 0.664. The third kappa shape index (κ3) is 5.74. The molecule has 0 aliphatic heterocycles. The fraction of sp³-hybridized carbons (Fsp3) is 0.375. The van der Waals surface area contributed by atoms with Crippen LogP contribution < -0.4 is 15.0 Å². The predicted octanol–water partition coefficient (Wildman–Crippen LogP) is 3.69. The molecule has 0 spiro atoms. The van der Waals surface area contributed by atoms with Gasteiger partial charge in [-0.05, 0) is 68.9 Å². The third-order valence-electron chi connectivity index (χ3n) is 5.48. The van der Waals surface area contributed by atoms with Gasteiger partial charge in [-0.2, -0.15) is 0 Å². The second-order valence-electron chi connectivity index (χ2n) is 7.38. The van der Waals surface area contributed by atoms with Gasteiger partial charge >= 0.3 is 0 Å². The van der Waals surface area contributed by atoms with Crippen molar-refractivity contribution in [3.63, 3.8) is 0 Å². The van der Waals surface area contributed by atoms with Gasteiger partial charge in [-0.1, -0.05) is 18.2 Å². The van der Waals surface area contributed by atoms with E-state index >= 15 is 0 Å². The highest BCUT2D eigenvalue weighted by molar-refractivity contribution is 7.80. The largest absolute Gasteiger partial charge is 0.494 e. The van der Waals surface area contributed by atoms with Gasteiger partial charge in [0.05, 0.1) is 32.8 Å². The number of benzene rings is 2. The molecule has 0 aliphatic carbocycles. The van der Waals surface area contributed by atoms with E-state index in [1.807, 2.05) is 31.2 Å². The predicted molar refractivity (Wildman–Crippen MR) is 129 cm³/mol. The molecule has 0 fully saturated rings. The van der Waals surface area contributed by atoms with Gasteiger partial charge in [0.15, 0.2) is 5.11 Å². The minimum atomic E-state index is 0.664. The Morgan fingerprint density at radius 2 is 1.80 bits per heavy atom. The minimum Gasteiger partial charge on any atom is -0.494 e. The van der Waals surface area contributed by atoms with E-state index in [4.69, 9.17) is 17.0 Å². The first-order chi connectivity index (χ1) is 14.6. The molecule has 160 valence electrons. The van der Waals surface area contributed by atoms with Crippen molar-refractivity contribution in [3.05, 3.63) is 60.3 Å². The molecule has 1 heterocycles. The molecule has 3 rings (SSSR count). The summed E-state index contributed by atoms with van der Waals surface area (Å²) in [4.78, 5) is 7.22. The summed E-state index contributed by atoms with van der Waals surface area (Å²) in [5, 5.41) is 5.41. The number of H-pyrrole nitrogens is 1. The van der Waals surface area contributed by atoms with Crippen molar-refractivity contribution in [1.29, 1.82) is 0 Å². The third-order valence-corrected chi connectivity index (χ3v) is 5.84. The Morgan fingerprint density at radius 1 is 1.07 bits per heavy atom. The summed E-state index contributed by atoms with van der Waals surface area (Å²) in [6.45, 7) is 12.1. The number of hydrogen-bond acceptors (Lipinski definition) is 2. The van der Waals surface area contributed by atoms with Gasteiger partial charge in [0, 0.05) is 29.3 Å². The average molecular weight is 426 g/mol. The summed E-state index contributed by atoms with van der Waals surface area (Å²) >= 11 is 5.83. The van der Waals surface area contributed by atoms with Crippen molar-refractivity contribution in [2.45, 2.75) is 27.3 Å². The quantitative estimate of drug-likeness (QED) is 0.434. The maximum atomic E-state index is 5.83. The number of aromatic nitrogens is 1. The highest BCUT2D eigenvalue weighted by Crippen LogP contribution is 2.20. The number of hydrogen-bond donors (Lipinski definition) is 3. The second kappa shape index (κ2) is 11.0. The van der Waals surface area contributed by atoms with Crippen LogP contribution in [0.25, 0.3) is 10.9 Å². The van der Waals surface area contributed by atoms with Gasteiger partial charge in [-0.15, -0.1) is 0 Å². The van der Waals surface area contributed by atoms with Crippen LogP contribution in [0.15, 0.2) is 54.7 Å². The van der Waals surface area contributed by atoms with Crippen molar-refractivity contribution in [2.24, 2.45) is 0 Å².